The van der Waals surface area contributed by atoms with Crippen LogP contribution in [0.25, 0.3) is 0 Å². The van der Waals surface area contributed by atoms with Crippen molar-refractivity contribution in [3.8, 4) is 0 Å². The van der Waals surface area contributed by atoms with Gasteiger partial charge in [0, 0.05) is 18.6 Å². The fraction of sp³-hybridized carbons (Fsp3) is 0.300. The molecule has 0 aromatic heterocycles. The predicted molar refractivity (Wildman–Crippen MR) is 59.0 cm³/mol. The number of hydrogen-bond donors (Lipinski definition) is 0. The average Bonchev–Trinajstić information content (AvgIpc) is 2.16. The second-order valence-corrected chi connectivity index (χ2v) is 3.81. The van der Waals surface area contributed by atoms with Crippen LogP contribution in [-0.4, -0.2) is 23.9 Å². The Labute approximate surface area is 93.4 Å². The van der Waals surface area contributed by atoms with Crippen molar-refractivity contribution < 1.29 is 4.79 Å². The van der Waals surface area contributed by atoms with Crippen molar-refractivity contribution >= 4 is 28.6 Å². The lowest BCUT2D eigenvalue weighted by Gasteiger charge is -2.12. The summed E-state index contributed by atoms with van der Waals surface area (Å²) < 4.78 is 0. The first-order valence-corrected chi connectivity index (χ1v) is 5.00. The van der Waals surface area contributed by atoms with E-state index in [0.29, 0.717) is 6.54 Å². The van der Waals surface area contributed by atoms with E-state index in [1.165, 1.54) is 4.90 Å². The second kappa shape index (κ2) is 5.23. The number of amides is 1. The van der Waals surface area contributed by atoms with Crippen LogP contribution in [0.2, 0.25) is 5.02 Å². The molecule has 0 atom stereocenters. The van der Waals surface area contributed by atoms with Crippen LogP contribution in [0.4, 0.5) is 4.79 Å². The van der Waals surface area contributed by atoms with Crippen LogP contribution < -0.4 is 0 Å². The van der Waals surface area contributed by atoms with Gasteiger partial charge in [-0.25, -0.2) is 0 Å². The van der Waals surface area contributed by atoms with Gasteiger partial charge in [-0.3, -0.25) is 4.79 Å². The summed E-state index contributed by atoms with van der Waals surface area (Å²) in [5.74, 6) is 0. The molecule has 1 amide bonds. The normalized spacial score (nSPS) is 9.93. The molecule has 0 saturated carbocycles. The quantitative estimate of drug-likeness (QED) is 0.579. The third-order valence-corrected chi connectivity index (χ3v) is 2.49. The van der Waals surface area contributed by atoms with E-state index in [4.69, 9.17) is 23.2 Å². The lowest BCUT2D eigenvalue weighted by molar-refractivity contribution is 0.232. The second-order valence-electron chi connectivity index (χ2n) is 3.05. The van der Waals surface area contributed by atoms with Gasteiger partial charge in [-0.15, -0.1) is 0 Å². The average molecular weight is 232 g/mol. The van der Waals surface area contributed by atoms with Gasteiger partial charge < -0.3 is 4.90 Å². The molecule has 2 nitrogen and oxygen atoms in total. The van der Waals surface area contributed by atoms with Crippen LogP contribution in [0.1, 0.15) is 5.56 Å². The number of benzene rings is 1. The molecule has 1 aromatic carbocycles. The van der Waals surface area contributed by atoms with Gasteiger partial charge >= 0.3 is 5.37 Å². The monoisotopic (exact) mass is 231 g/mol. The van der Waals surface area contributed by atoms with Crippen LogP contribution in [0, 0.1) is 0 Å². The van der Waals surface area contributed by atoms with E-state index in [1.807, 2.05) is 24.3 Å². The summed E-state index contributed by atoms with van der Waals surface area (Å²) >= 11 is 11.0. The number of nitrogens with zero attached hydrogens (tertiary/aromatic N) is 1. The minimum atomic E-state index is -0.432. The summed E-state index contributed by atoms with van der Waals surface area (Å²) in [5, 5.41) is 0.287. The highest BCUT2D eigenvalue weighted by Crippen LogP contribution is 2.10. The fourth-order valence-electron chi connectivity index (χ4n) is 1.04. The van der Waals surface area contributed by atoms with E-state index in [2.05, 4.69) is 0 Å². The standard InChI is InChI=1S/C10H11Cl2NO/c1-13(10(12)14)7-6-8-2-4-9(11)5-3-8/h2-5H,6-7H2,1H3. The van der Waals surface area contributed by atoms with Crippen LogP contribution in [0.15, 0.2) is 24.3 Å². The van der Waals surface area contributed by atoms with Crippen LogP contribution in [-0.2, 0) is 6.42 Å². The fourth-order valence-corrected chi connectivity index (χ4v) is 1.25. The maximum absolute atomic E-state index is 10.7. The Kier molecular flexibility index (Phi) is 4.23. The summed E-state index contributed by atoms with van der Waals surface area (Å²) in [6, 6.07) is 7.54. The van der Waals surface area contributed by atoms with E-state index in [0.717, 1.165) is 17.0 Å². The largest absolute Gasteiger partial charge is 0.332 e. The van der Waals surface area contributed by atoms with Crippen molar-refractivity contribution in [3.05, 3.63) is 34.9 Å². The molecule has 76 valence electrons. The third-order valence-electron chi connectivity index (χ3n) is 1.95. The third kappa shape index (κ3) is 3.56. The molecule has 0 aliphatic rings. The van der Waals surface area contributed by atoms with Gasteiger partial charge in [-0.2, -0.15) is 0 Å². The van der Waals surface area contributed by atoms with E-state index in [1.54, 1.807) is 7.05 Å². The zero-order chi connectivity index (χ0) is 10.6. The maximum Gasteiger partial charge on any atom is 0.316 e. The number of carbonyl (C=O) groups excluding carboxylic acids is 1. The Bertz CT molecular complexity index is 310. The Morgan fingerprint density at radius 3 is 2.43 bits per heavy atom. The first kappa shape index (κ1) is 11.3. The molecule has 4 heteroatoms. The molecular weight excluding hydrogens is 221 g/mol. The minimum Gasteiger partial charge on any atom is -0.332 e. The lowest BCUT2D eigenvalue weighted by atomic mass is 10.1. The Balaban J connectivity index is 2.46. The molecule has 0 aliphatic carbocycles. The highest BCUT2D eigenvalue weighted by atomic mass is 35.5. The maximum atomic E-state index is 10.7. The number of likely N-dealkylation sites (N-methyl/N-ethyl adjacent to an activating group) is 1. The smallest absolute Gasteiger partial charge is 0.316 e. The molecule has 0 fully saturated rings. The predicted octanol–water partition coefficient (Wildman–Crippen LogP) is 3.17. The van der Waals surface area contributed by atoms with Gasteiger partial charge in [0.25, 0.3) is 0 Å². The van der Waals surface area contributed by atoms with E-state index in [-0.39, 0.29) is 0 Å². The molecule has 0 spiro atoms. The van der Waals surface area contributed by atoms with Crippen LogP contribution >= 0.6 is 23.2 Å². The number of halogens is 2. The summed E-state index contributed by atoms with van der Waals surface area (Å²) in [5.41, 5.74) is 1.14. The van der Waals surface area contributed by atoms with Crippen LogP contribution in [0.3, 0.4) is 0 Å². The highest BCUT2D eigenvalue weighted by molar-refractivity contribution is 6.62. The molecule has 0 radical (unpaired) electrons. The summed E-state index contributed by atoms with van der Waals surface area (Å²) in [6.45, 7) is 0.615. The van der Waals surface area contributed by atoms with Crippen LogP contribution in [0.5, 0.6) is 0 Å². The molecule has 0 heterocycles. The first-order valence-electron chi connectivity index (χ1n) is 4.24. The van der Waals surface area contributed by atoms with E-state index >= 15 is 0 Å². The van der Waals surface area contributed by atoms with Crippen molar-refractivity contribution in [2.75, 3.05) is 13.6 Å². The molecule has 0 aliphatic heterocycles. The van der Waals surface area contributed by atoms with Gasteiger partial charge in [-0.05, 0) is 35.7 Å². The Morgan fingerprint density at radius 2 is 1.93 bits per heavy atom. The SMILES string of the molecule is CN(CCc1ccc(Cl)cc1)C(=O)Cl. The minimum absolute atomic E-state index is 0.432. The van der Waals surface area contributed by atoms with Crippen molar-refractivity contribution in [2.24, 2.45) is 0 Å². The molecule has 0 N–H and O–H groups in total. The number of hydrogen-bond acceptors (Lipinski definition) is 1. The molecule has 14 heavy (non-hydrogen) atoms. The van der Waals surface area contributed by atoms with Crippen molar-refractivity contribution in [1.82, 2.24) is 4.90 Å². The van der Waals surface area contributed by atoms with Crippen molar-refractivity contribution in [1.29, 1.82) is 0 Å². The van der Waals surface area contributed by atoms with Gasteiger partial charge in [-0.1, -0.05) is 23.7 Å². The number of rotatable bonds is 3. The van der Waals surface area contributed by atoms with Crippen molar-refractivity contribution in [2.45, 2.75) is 6.42 Å². The molecule has 0 unspecified atom stereocenters. The van der Waals surface area contributed by atoms with E-state index < -0.39 is 5.37 Å². The van der Waals surface area contributed by atoms with Gasteiger partial charge in [0.15, 0.2) is 0 Å². The summed E-state index contributed by atoms with van der Waals surface area (Å²) in [7, 11) is 1.67. The molecule has 0 saturated heterocycles. The summed E-state index contributed by atoms with van der Waals surface area (Å²) in [6.07, 6.45) is 0.784. The zero-order valence-electron chi connectivity index (χ0n) is 7.84. The molecule has 1 rings (SSSR count). The number of carbonyl (C=O) groups is 1. The van der Waals surface area contributed by atoms with Gasteiger partial charge in [0.05, 0.1) is 0 Å². The topological polar surface area (TPSA) is 20.3 Å². The highest BCUT2D eigenvalue weighted by Gasteiger charge is 2.03. The molecule has 0 bridgehead atoms. The molecule has 1 aromatic rings. The van der Waals surface area contributed by atoms with Gasteiger partial charge in [0.1, 0.15) is 0 Å². The molecular formula is C10H11Cl2NO. The lowest BCUT2D eigenvalue weighted by Crippen LogP contribution is -2.23. The Hall–Kier alpha value is -0.730. The Morgan fingerprint density at radius 1 is 1.36 bits per heavy atom. The zero-order valence-corrected chi connectivity index (χ0v) is 9.35. The van der Waals surface area contributed by atoms with E-state index in [9.17, 15) is 4.79 Å². The first-order chi connectivity index (χ1) is 6.59. The van der Waals surface area contributed by atoms with Crippen molar-refractivity contribution in [3.63, 3.8) is 0 Å². The summed E-state index contributed by atoms with van der Waals surface area (Å²) in [4.78, 5) is 12.2. The van der Waals surface area contributed by atoms with Gasteiger partial charge in [0.2, 0.25) is 0 Å².